The van der Waals surface area contributed by atoms with Crippen molar-refractivity contribution < 1.29 is 29.9 Å². The summed E-state index contributed by atoms with van der Waals surface area (Å²) >= 11 is 0. The van der Waals surface area contributed by atoms with Crippen LogP contribution in [0.2, 0.25) is 0 Å². The summed E-state index contributed by atoms with van der Waals surface area (Å²) in [7, 11) is 0. The number of para-hydroxylation sites is 1. The van der Waals surface area contributed by atoms with Crippen LogP contribution in [0.4, 0.5) is 0 Å². The van der Waals surface area contributed by atoms with Gasteiger partial charge in [-0.3, -0.25) is 9.97 Å². The molecule has 0 saturated carbocycles. The number of aryl methyl sites for hydroxylation is 1. The van der Waals surface area contributed by atoms with Crippen LogP contribution >= 0.6 is 0 Å². The first-order valence-electron chi connectivity index (χ1n) is 22.3. The fourth-order valence-corrected chi connectivity index (χ4v) is 10.2. The monoisotopic (exact) mass is 958 g/mol. The summed E-state index contributed by atoms with van der Waals surface area (Å²) in [5, 5.41) is 2.23. The van der Waals surface area contributed by atoms with E-state index < -0.39 is 6.85 Å². The van der Waals surface area contributed by atoms with Crippen LogP contribution in [0.5, 0.6) is 11.5 Å². The van der Waals surface area contributed by atoms with Crippen LogP contribution in [0, 0.1) is 19.0 Å². The smallest absolute Gasteiger partial charge is 0.497 e. The summed E-state index contributed by atoms with van der Waals surface area (Å²) < 4.78 is 37.4. The number of fused-ring (bicyclic) bond motifs is 5. The minimum atomic E-state index is -2.35. The van der Waals surface area contributed by atoms with Crippen molar-refractivity contribution in [3.05, 3.63) is 143 Å². The van der Waals surface area contributed by atoms with Crippen LogP contribution in [0.1, 0.15) is 125 Å². The second-order valence-corrected chi connectivity index (χ2v) is 18.6. The third-order valence-electron chi connectivity index (χ3n) is 13.9. The molecule has 0 saturated heterocycles. The molecule has 0 fully saturated rings. The fraction of sp³-hybridized carbons (Fsp3) is 0.321. The van der Waals surface area contributed by atoms with E-state index in [2.05, 4.69) is 138 Å². The second kappa shape index (κ2) is 13.8. The van der Waals surface area contributed by atoms with Crippen molar-refractivity contribution in [2.75, 3.05) is 0 Å². The Kier molecular flexibility index (Phi) is 8.39. The van der Waals surface area contributed by atoms with E-state index in [1.165, 1.54) is 22.4 Å². The quantitative estimate of drug-likeness (QED) is 0.123. The maximum Gasteiger partial charge on any atom is 2.00 e. The number of imidazole rings is 2. The maximum atomic E-state index is 8.77. The minimum absolute atomic E-state index is 0. The summed E-state index contributed by atoms with van der Waals surface area (Å²) in [4.78, 5) is 10.5. The molecular formula is C53H52N4OPt. The van der Waals surface area contributed by atoms with Crippen LogP contribution in [-0.2, 0) is 37.3 Å². The van der Waals surface area contributed by atoms with E-state index in [0.29, 0.717) is 28.9 Å². The predicted molar refractivity (Wildman–Crippen MR) is 238 cm³/mol. The van der Waals surface area contributed by atoms with Crippen LogP contribution in [0.3, 0.4) is 0 Å². The third kappa shape index (κ3) is 5.74. The molecule has 300 valence electrons. The van der Waals surface area contributed by atoms with E-state index in [4.69, 9.17) is 18.8 Å². The molecule has 8 aromatic rings. The van der Waals surface area contributed by atoms with E-state index >= 15 is 0 Å². The first-order chi connectivity index (χ1) is 28.9. The van der Waals surface area contributed by atoms with E-state index in [9.17, 15) is 0 Å². The van der Waals surface area contributed by atoms with Gasteiger partial charge in [0.2, 0.25) is 0 Å². The van der Waals surface area contributed by atoms with Crippen molar-refractivity contribution in [3.63, 3.8) is 0 Å². The van der Waals surface area contributed by atoms with Crippen molar-refractivity contribution in [1.29, 1.82) is 0 Å². The van der Waals surface area contributed by atoms with Gasteiger partial charge in [-0.05, 0) is 70.8 Å². The largest absolute Gasteiger partial charge is 2.00 e. The predicted octanol–water partition coefficient (Wildman–Crippen LogP) is 13.7. The Labute approximate surface area is 367 Å². The Balaban J connectivity index is 0.00000490. The Morgan fingerprint density at radius 2 is 1.51 bits per heavy atom. The first-order valence-corrected chi connectivity index (χ1v) is 20.8. The number of pyridine rings is 1. The molecule has 1 aliphatic carbocycles. The number of nitrogens with zero attached hydrogens (tertiary/aromatic N) is 4. The molecule has 0 bridgehead atoms. The van der Waals surface area contributed by atoms with Crippen molar-refractivity contribution in [2.24, 2.45) is 0 Å². The normalized spacial score (nSPS) is 18.7. The van der Waals surface area contributed by atoms with Crippen molar-refractivity contribution in [3.8, 4) is 39.7 Å². The van der Waals surface area contributed by atoms with Crippen LogP contribution < -0.4 is 4.74 Å². The summed E-state index contributed by atoms with van der Waals surface area (Å²) in [6.07, 6.45) is 5.89. The molecule has 0 spiro atoms. The number of aromatic nitrogens is 4. The SMILES string of the molecule is [2H]C([2H])([2H])c1ccc2c3c1c1ccc(Oc4[c-]c(-c5cn(-c6c(C(C)C)cccc6C(C)C)cn5)ccc4)[c-]c1c1nc4c(n13)C(C)(CCC(C)(C)c1ccccc1-4)C2(C)C.[Pt+2]. The molecule has 1 aliphatic heterocycles. The third-order valence-corrected chi connectivity index (χ3v) is 13.9. The van der Waals surface area contributed by atoms with Gasteiger partial charge < -0.3 is 13.7 Å². The van der Waals surface area contributed by atoms with E-state index in [-0.39, 0.29) is 37.3 Å². The summed E-state index contributed by atoms with van der Waals surface area (Å²) in [6, 6.07) is 36.0. The zero-order chi connectivity index (χ0) is 43.0. The van der Waals surface area contributed by atoms with Gasteiger partial charge in [0.05, 0.1) is 23.4 Å². The van der Waals surface area contributed by atoms with Gasteiger partial charge in [-0.15, -0.1) is 29.8 Å². The van der Waals surface area contributed by atoms with Gasteiger partial charge in [0.15, 0.2) is 0 Å². The van der Waals surface area contributed by atoms with Gasteiger partial charge in [0.1, 0.15) is 0 Å². The molecule has 3 aromatic heterocycles. The molecule has 5 nitrogen and oxygen atoms in total. The van der Waals surface area contributed by atoms with Gasteiger partial charge in [-0.2, -0.15) is 0 Å². The van der Waals surface area contributed by atoms with Gasteiger partial charge >= 0.3 is 21.1 Å². The maximum absolute atomic E-state index is 8.77. The van der Waals surface area contributed by atoms with E-state index in [0.717, 1.165) is 73.9 Å². The number of rotatable bonds is 6. The van der Waals surface area contributed by atoms with Crippen molar-refractivity contribution in [2.45, 2.75) is 110 Å². The van der Waals surface area contributed by atoms with Gasteiger partial charge in [0.25, 0.3) is 0 Å². The Hall–Kier alpha value is -4.99. The van der Waals surface area contributed by atoms with Crippen molar-refractivity contribution in [1.82, 2.24) is 18.9 Å². The molecule has 1 atom stereocenters. The average molecular weight is 959 g/mol. The first kappa shape index (κ1) is 35.9. The average Bonchev–Trinajstić information content (AvgIpc) is 3.88. The Morgan fingerprint density at radius 3 is 2.25 bits per heavy atom. The van der Waals surface area contributed by atoms with E-state index in [1.807, 2.05) is 42.7 Å². The molecular weight excluding hydrogens is 904 g/mol. The standard InChI is InChI=1S/C53H52N4O.Pt/c1-31(2)37-18-14-19-38(32(3)4)47(37)56-29-44(54-30-56)34-15-13-16-35(27-34)58-36-22-23-39-41(28-36)50-55-46-40-17-11-12-20-42(40)51(6,7)25-26-53(10)49(46)57(50)48-43(52(53,8)9)24-21-33(5)45(39)48;/h11-24,29-32H,25-26H2,1-10H3;/q-2;+2/i5D3;. The van der Waals surface area contributed by atoms with Crippen LogP contribution in [0.15, 0.2) is 97.5 Å². The molecule has 59 heavy (non-hydrogen) atoms. The zero-order valence-electron chi connectivity index (χ0n) is 38.3. The fourth-order valence-electron chi connectivity index (χ4n) is 10.2. The topological polar surface area (TPSA) is 44.3 Å². The number of benzene rings is 5. The van der Waals surface area contributed by atoms with Crippen LogP contribution in [0.25, 0.3) is 55.5 Å². The molecule has 0 N–H and O–H groups in total. The summed E-state index contributed by atoms with van der Waals surface area (Å²) in [5.74, 6) is 1.72. The Morgan fingerprint density at radius 1 is 0.780 bits per heavy atom. The number of ether oxygens (including phenoxy) is 1. The second-order valence-electron chi connectivity index (χ2n) is 18.6. The van der Waals surface area contributed by atoms with Crippen molar-refractivity contribution >= 4 is 27.3 Å². The summed E-state index contributed by atoms with van der Waals surface area (Å²) in [6.45, 7) is 18.3. The Bertz CT molecular complexity index is 3070. The van der Waals surface area contributed by atoms with E-state index in [1.54, 1.807) is 0 Å². The van der Waals surface area contributed by atoms with Gasteiger partial charge in [-0.25, -0.2) is 0 Å². The van der Waals surface area contributed by atoms with Gasteiger partial charge in [-0.1, -0.05) is 151 Å². The number of hydrogen-bond donors (Lipinski definition) is 0. The molecule has 5 aromatic carbocycles. The molecule has 2 aliphatic rings. The molecule has 1 unspecified atom stereocenters. The molecule has 10 rings (SSSR count). The molecule has 6 heteroatoms. The molecule has 0 amide bonds. The summed E-state index contributed by atoms with van der Waals surface area (Å²) in [5.41, 5.74) is 12.2. The zero-order valence-corrected chi connectivity index (χ0v) is 37.6. The number of hydrogen-bond acceptors (Lipinski definition) is 3. The molecule has 4 heterocycles. The van der Waals surface area contributed by atoms with Gasteiger partial charge in [0, 0.05) is 48.9 Å². The van der Waals surface area contributed by atoms with Crippen LogP contribution in [-0.4, -0.2) is 18.9 Å². The molecule has 0 radical (unpaired) electrons. The minimum Gasteiger partial charge on any atom is -0.497 e.